The van der Waals surface area contributed by atoms with Crippen molar-refractivity contribution >= 4 is 39.5 Å². The summed E-state index contributed by atoms with van der Waals surface area (Å²) in [6, 6.07) is 0. The van der Waals surface area contributed by atoms with E-state index < -0.39 is 97.5 Å². The van der Waals surface area contributed by atoms with Gasteiger partial charge in [0.2, 0.25) is 0 Å². The Hall–Kier alpha value is -3.76. The Balaban J connectivity index is 5.38. The lowest BCUT2D eigenvalue weighted by Gasteiger charge is -2.21. The van der Waals surface area contributed by atoms with Crippen molar-refractivity contribution in [2.45, 2.75) is 367 Å². The number of phosphoric acid groups is 2. The summed E-state index contributed by atoms with van der Waals surface area (Å²) in [5.41, 5.74) is 0. The van der Waals surface area contributed by atoms with Crippen LogP contribution in [0.5, 0.6) is 0 Å². The number of carbonyl (C=O) groups is 4. The highest BCUT2D eigenvalue weighted by Gasteiger charge is 2.30. The summed E-state index contributed by atoms with van der Waals surface area (Å²) < 4.78 is 68.6. The summed E-state index contributed by atoms with van der Waals surface area (Å²) >= 11 is 0. The average molecular weight is 1450 g/mol. The molecule has 0 aliphatic heterocycles. The van der Waals surface area contributed by atoms with Gasteiger partial charge in [0.05, 0.1) is 26.4 Å². The molecule has 100 heavy (non-hydrogen) atoms. The van der Waals surface area contributed by atoms with Gasteiger partial charge < -0.3 is 33.8 Å². The van der Waals surface area contributed by atoms with E-state index in [0.29, 0.717) is 25.7 Å². The number of allylic oxidation sites excluding steroid dienone is 14. The molecule has 0 saturated carbocycles. The maximum absolute atomic E-state index is 13.1. The second kappa shape index (κ2) is 73.5. The minimum atomic E-state index is -4.98. The molecule has 0 radical (unpaired) electrons. The van der Waals surface area contributed by atoms with Crippen molar-refractivity contribution < 1.29 is 80.2 Å². The number of phosphoric ester groups is 2. The molecule has 0 saturated heterocycles. The Morgan fingerprint density at radius 2 is 0.490 bits per heavy atom. The van der Waals surface area contributed by atoms with Gasteiger partial charge in [-0.2, -0.15) is 0 Å². The molecule has 19 heteroatoms. The average Bonchev–Trinajstić information content (AvgIpc) is 1.01. The van der Waals surface area contributed by atoms with Crippen LogP contribution < -0.4 is 0 Å². The highest BCUT2D eigenvalue weighted by Crippen LogP contribution is 2.45. The van der Waals surface area contributed by atoms with Gasteiger partial charge >= 0.3 is 39.5 Å². The van der Waals surface area contributed by atoms with Gasteiger partial charge in [0.1, 0.15) is 19.3 Å². The van der Waals surface area contributed by atoms with Crippen molar-refractivity contribution in [2.24, 2.45) is 0 Å². The highest BCUT2D eigenvalue weighted by atomic mass is 31.2. The molecule has 0 aromatic heterocycles. The van der Waals surface area contributed by atoms with Crippen LogP contribution in [0.15, 0.2) is 85.1 Å². The van der Waals surface area contributed by atoms with Gasteiger partial charge in [-0.1, -0.05) is 260 Å². The van der Waals surface area contributed by atoms with Gasteiger partial charge in [0.15, 0.2) is 12.2 Å². The fraction of sp³-hybridized carbons (Fsp3) is 0.778. The molecule has 0 bridgehead atoms. The maximum Gasteiger partial charge on any atom is 0.472 e. The number of hydrogen-bond donors (Lipinski definition) is 3. The molecule has 0 amide bonds. The van der Waals surface area contributed by atoms with E-state index in [9.17, 15) is 43.2 Å². The largest absolute Gasteiger partial charge is 0.472 e. The van der Waals surface area contributed by atoms with Crippen LogP contribution in [0.1, 0.15) is 349 Å². The van der Waals surface area contributed by atoms with Gasteiger partial charge in [-0.25, -0.2) is 9.13 Å². The second-order valence-electron chi connectivity index (χ2n) is 26.6. The van der Waals surface area contributed by atoms with Crippen LogP contribution >= 0.6 is 15.6 Å². The third kappa shape index (κ3) is 72.6. The second-order valence-corrected chi connectivity index (χ2v) is 29.5. The molecule has 0 aliphatic carbocycles. The lowest BCUT2D eigenvalue weighted by atomic mass is 10.1. The normalized spacial score (nSPS) is 14.3. The third-order valence-corrected chi connectivity index (χ3v) is 18.7. The summed E-state index contributed by atoms with van der Waals surface area (Å²) in [7, 11) is -9.96. The van der Waals surface area contributed by atoms with E-state index in [1.807, 2.05) is 0 Å². The Kier molecular flexibility index (Phi) is 70.8. The molecular formula is C81H144O17P2. The zero-order valence-corrected chi connectivity index (χ0v) is 65.2. The molecule has 3 N–H and O–H groups in total. The van der Waals surface area contributed by atoms with Crippen molar-refractivity contribution in [3.8, 4) is 0 Å². The minimum absolute atomic E-state index is 0.0770. The van der Waals surface area contributed by atoms with E-state index in [-0.39, 0.29) is 25.7 Å². The van der Waals surface area contributed by atoms with Crippen LogP contribution in [-0.2, 0) is 65.4 Å². The fourth-order valence-electron chi connectivity index (χ4n) is 10.7. The van der Waals surface area contributed by atoms with E-state index in [4.69, 9.17) is 37.0 Å². The third-order valence-electron chi connectivity index (χ3n) is 16.8. The molecule has 580 valence electrons. The molecular weight excluding hydrogens is 1310 g/mol. The molecule has 0 aromatic carbocycles. The molecule has 0 aliphatic rings. The number of ether oxygens (including phenoxy) is 4. The van der Waals surface area contributed by atoms with Crippen molar-refractivity contribution in [1.82, 2.24) is 0 Å². The van der Waals surface area contributed by atoms with Crippen LogP contribution in [0.4, 0.5) is 0 Å². The minimum Gasteiger partial charge on any atom is -0.462 e. The lowest BCUT2D eigenvalue weighted by Crippen LogP contribution is -2.30. The highest BCUT2D eigenvalue weighted by molar-refractivity contribution is 7.47. The van der Waals surface area contributed by atoms with Crippen molar-refractivity contribution in [1.29, 1.82) is 0 Å². The van der Waals surface area contributed by atoms with Crippen molar-refractivity contribution in [3.05, 3.63) is 85.1 Å². The number of esters is 4. The van der Waals surface area contributed by atoms with Gasteiger partial charge in [0, 0.05) is 25.7 Å². The number of aliphatic hydroxyl groups excluding tert-OH is 1. The Morgan fingerprint density at radius 3 is 0.770 bits per heavy atom. The lowest BCUT2D eigenvalue weighted by molar-refractivity contribution is -0.161. The first kappa shape index (κ1) is 96.2. The zero-order valence-electron chi connectivity index (χ0n) is 63.4. The van der Waals surface area contributed by atoms with E-state index in [1.165, 1.54) is 83.5 Å². The molecule has 0 rings (SSSR count). The van der Waals surface area contributed by atoms with E-state index in [1.54, 1.807) is 0 Å². The summed E-state index contributed by atoms with van der Waals surface area (Å²) in [6.07, 6.45) is 75.5. The van der Waals surface area contributed by atoms with Crippen molar-refractivity contribution in [3.63, 3.8) is 0 Å². The molecule has 0 fully saturated rings. The first-order valence-electron chi connectivity index (χ1n) is 39.8. The van der Waals surface area contributed by atoms with Crippen LogP contribution in [0.2, 0.25) is 0 Å². The standard InChI is InChI=1S/C81H144O17P2/c1-5-9-13-17-21-25-29-33-37-41-45-49-53-57-61-65-78(83)91-71-76(97-80(85)67-63-59-55-51-47-43-39-35-31-27-23-19-15-11-7-3)73-95-99(87,88)93-69-75(82)70-94-100(89,90)96-74-77(98-81(86)68-64-60-56-52-48-44-40-36-32-28-24-20-16-12-8-4)72-92-79(84)66-62-58-54-50-46-42-38-34-30-26-22-18-14-10-6-2/h21-23,25-28,32-35,37-39,75-77,82H,5-20,24,29-31,36,40-74H2,1-4H3,(H,87,88)(H,89,90)/b25-21-,26-22-,27-23-,32-28-,37-33-,38-34-,39-35-/t75-,76-,77-/m1/s1. The number of rotatable bonds is 75. The smallest absolute Gasteiger partial charge is 0.462 e. The first-order chi connectivity index (χ1) is 48.7. The van der Waals surface area contributed by atoms with Gasteiger partial charge in [-0.15, -0.1) is 0 Å². The summed E-state index contributed by atoms with van der Waals surface area (Å²) in [6.45, 7) is 4.78. The van der Waals surface area contributed by atoms with Crippen LogP contribution in [0, 0.1) is 0 Å². The van der Waals surface area contributed by atoms with E-state index in [0.717, 1.165) is 186 Å². The molecule has 2 unspecified atom stereocenters. The predicted molar refractivity (Wildman–Crippen MR) is 409 cm³/mol. The first-order valence-corrected chi connectivity index (χ1v) is 42.8. The molecule has 17 nitrogen and oxygen atoms in total. The number of unbranched alkanes of at least 4 members (excludes halogenated alkanes) is 35. The number of carbonyl (C=O) groups excluding carboxylic acids is 4. The monoisotopic (exact) mass is 1450 g/mol. The number of aliphatic hydroxyl groups is 1. The Labute approximate surface area is 608 Å². The molecule has 0 spiro atoms. The van der Waals surface area contributed by atoms with Gasteiger partial charge in [-0.3, -0.25) is 37.3 Å². The Morgan fingerprint density at radius 1 is 0.280 bits per heavy atom. The van der Waals surface area contributed by atoms with E-state index >= 15 is 0 Å². The summed E-state index contributed by atoms with van der Waals surface area (Å²) in [5, 5.41) is 10.6. The predicted octanol–water partition coefficient (Wildman–Crippen LogP) is 23.0. The number of hydrogen-bond acceptors (Lipinski definition) is 15. The summed E-state index contributed by atoms with van der Waals surface area (Å²) in [5.74, 6) is -2.21. The molecule has 5 atom stereocenters. The Bertz CT molecular complexity index is 2230. The van der Waals surface area contributed by atoms with Gasteiger partial charge in [-0.05, 0) is 148 Å². The fourth-order valence-corrected chi connectivity index (χ4v) is 12.2. The van der Waals surface area contributed by atoms with Crippen molar-refractivity contribution in [2.75, 3.05) is 39.6 Å². The molecule has 0 aromatic rings. The maximum atomic E-state index is 13.1. The summed E-state index contributed by atoms with van der Waals surface area (Å²) in [4.78, 5) is 73.0. The van der Waals surface area contributed by atoms with Crippen LogP contribution in [0.25, 0.3) is 0 Å². The van der Waals surface area contributed by atoms with E-state index in [2.05, 4.69) is 113 Å². The van der Waals surface area contributed by atoms with Crippen LogP contribution in [0.3, 0.4) is 0 Å². The molecule has 0 heterocycles. The van der Waals surface area contributed by atoms with Crippen LogP contribution in [-0.4, -0.2) is 96.7 Å². The SMILES string of the molecule is CCCCC/C=C\C/C=C\CCCCCCCC(=O)OC[C@H](COP(=O)(O)OC[C@@H](O)COP(=O)(O)OC[C@@H](COC(=O)CCCCCCC/C=C\C/C=C\CCCCC)OC(=O)CCCCCCCCC/C=C\CCCCCC)OC(=O)CCCCCCC/C=C\C/C=C\CCCCC. The van der Waals surface area contributed by atoms with Gasteiger partial charge in [0.25, 0.3) is 0 Å². The zero-order chi connectivity index (χ0) is 73.2. The quantitative estimate of drug-likeness (QED) is 0.0169. The topological polar surface area (TPSA) is 237 Å².